The van der Waals surface area contributed by atoms with Crippen LogP contribution < -0.4 is 4.74 Å². The highest BCUT2D eigenvalue weighted by molar-refractivity contribution is 14.1. The van der Waals surface area contributed by atoms with Crippen LogP contribution in [0, 0.1) is 3.57 Å². The highest BCUT2D eigenvalue weighted by Crippen LogP contribution is 2.25. The number of hydrogen-bond donors (Lipinski definition) is 0. The molecule has 0 radical (unpaired) electrons. The van der Waals surface area contributed by atoms with Gasteiger partial charge in [-0.15, -0.1) is 0 Å². The van der Waals surface area contributed by atoms with Crippen molar-refractivity contribution in [2.45, 2.75) is 57.6 Å². The molecule has 34 heavy (non-hydrogen) atoms. The van der Waals surface area contributed by atoms with Gasteiger partial charge < -0.3 is 14.2 Å². The maximum Gasteiger partial charge on any atom is 0.321 e. The van der Waals surface area contributed by atoms with Crippen LogP contribution in [0.4, 0.5) is 0 Å². The molecule has 2 rings (SSSR count). The Hall–Kier alpha value is -2.18. The van der Waals surface area contributed by atoms with Crippen molar-refractivity contribution in [3.63, 3.8) is 0 Å². The lowest BCUT2D eigenvalue weighted by Crippen LogP contribution is -2.43. The molecular formula is C24H30INO7S. The van der Waals surface area contributed by atoms with Crippen LogP contribution in [-0.2, 0) is 29.1 Å². The van der Waals surface area contributed by atoms with E-state index < -0.39 is 46.3 Å². The maximum atomic E-state index is 13.3. The van der Waals surface area contributed by atoms with Gasteiger partial charge >= 0.3 is 11.9 Å². The number of hydrogen-bond acceptors (Lipinski definition) is 7. The number of sulfonamides is 1. The normalized spacial score (nSPS) is 12.4. The molecule has 0 saturated heterocycles. The van der Waals surface area contributed by atoms with Gasteiger partial charge in [0.25, 0.3) is 0 Å². The lowest BCUT2D eigenvalue weighted by molar-refractivity contribution is -0.157. The molecule has 0 aliphatic carbocycles. The summed E-state index contributed by atoms with van der Waals surface area (Å²) in [6, 6.07) is 13.1. The second-order valence-electron chi connectivity index (χ2n) is 9.47. The summed E-state index contributed by atoms with van der Waals surface area (Å²) in [6.07, 6.45) is 0. The fraction of sp³-hybridized carbons (Fsp3) is 0.417. The second-order valence-corrected chi connectivity index (χ2v) is 12.7. The Morgan fingerprint density at radius 2 is 1.15 bits per heavy atom. The zero-order valence-electron chi connectivity index (χ0n) is 20.1. The number of esters is 2. The fourth-order valence-electron chi connectivity index (χ4n) is 2.73. The van der Waals surface area contributed by atoms with Crippen LogP contribution in [0.25, 0.3) is 0 Å². The summed E-state index contributed by atoms with van der Waals surface area (Å²) in [5, 5.41) is 0. The second kappa shape index (κ2) is 11.0. The quantitative estimate of drug-likeness (QED) is 0.317. The van der Waals surface area contributed by atoms with Crippen molar-refractivity contribution in [1.82, 2.24) is 4.31 Å². The number of carbonyl (C=O) groups is 2. The molecule has 10 heteroatoms. The summed E-state index contributed by atoms with van der Waals surface area (Å²) >= 11 is 2.18. The molecule has 0 aliphatic heterocycles. The Balaban J connectivity index is 2.26. The van der Waals surface area contributed by atoms with Gasteiger partial charge in [-0.2, -0.15) is 4.31 Å². The Labute approximate surface area is 214 Å². The van der Waals surface area contributed by atoms with Gasteiger partial charge in [-0.3, -0.25) is 9.59 Å². The Morgan fingerprint density at radius 1 is 0.765 bits per heavy atom. The van der Waals surface area contributed by atoms with E-state index in [-0.39, 0.29) is 4.90 Å². The van der Waals surface area contributed by atoms with Crippen molar-refractivity contribution < 1.29 is 32.2 Å². The highest BCUT2D eigenvalue weighted by atomic mass is 127. The first-order valence-electron chi connectivity index (χ1n) is 10.5. The monoisotopic (exact) mass is 603 g/mol. The number of benzene rings is 2. The average molecular weight is 603 g/mol. The van der Waals surface area contributed by atoms with Gasteiger partial charge in [-0.25, -0.2) is 8.42 Å². The summed E-state index contributed by atoms with van der Waals surface area (Å²) in [7, 11) is -4.22. The molecule has 0 fully saturated rings. The number of ether oxygens (including phenoxy) is 3. The summed E-state index contributed by atoms with van der Waals surface area (Å²) in [4.78, 5) is 24.7. The van der Waals surface area contributed by atoms with Gasteiger partial charge in [0, 0.05) is 3.57 Å². The first-order valence-corrected chi connectivity index (χ1v) is 13.0. The largest absolute Gasteiger partial charge is 0.459 e. The number of halogens is 1. The topological polar surface area (TPSA) is 99.2 Å². The van der Waals surface area contributed by atoms with Crippen LogP contribution in [0.15, 0.2) is 53.4 Å². The van der Waals surface area contributed by atoms with Crippen LogP contribution in [0.3, 0.4) is 0 Å². The average Bonchev–Trinajstić information content (AvgIpc) is 2.67. The summed E-state index contributed by atoms with van der Waals surface area (Å²) < 4.78 is 44.7. The number of rotatable bonds is 8. The van der Waals surface area contributed by atoms with Gasteiger partial charge in [0.15, 0.2) is 0 Å². The first-order chi connectivity index (χ1) is 15.5. The molecule has 0 heterocycles. The molecule has 0 aliphatic rings. The van der Waals surface area contributed by atoms with Crippen LogP contribution in [0.1, 0.15) is 41.5 Å². The van der Waals surface area contributed by atoms with Gasteiger partial charge in [0.2, 0.25) is 10.0 Å². The molecule has 0 bridgehead atoms. The molecule has 2 aromatic carbocycles. The Kier molecular flexibility index (Phi) is 9.11. The van der Waals surface area contributed by atoms with E-state index in [9.17, 15) is 18.0 Å². The van der Waals surface area contributed by atoms with E-state index in [0.29, 0.717) is 11.5 Å². The van der Waals surface area contributed by atoms with Crippen molar-refractivity contribution in [2.75, 3.05) is 13.1 Å². The fourth-order valence-corrected chi connectivity index (χ4v) is 4.42. The summed E-state index contributed by atoms with van der Waals surface area (Å²) in [6.45, 7) is 8.75. The van der Waals surface area contributed by atoms with Crippen molar-refractivity contribution in [2.24, 2.45) is 0 Å². The standard InChI is InChI=1S/C24H30INO7S/c1-23(2,3)32-21(27)15-26(16-22(28)33-24(4,5)6)34(29,30)20-13-11-19(12-14-20)31-18-9-7-17(25)8-10-18/h7-14H,15-16H2,1-6H3. The van der Waals surface area contributed by atoms with Crippen molar-refractivity contribution >= 4 is 44.6 Å². The lowest BCUT2D eigenvalue weighted by Gasteiger charge is -2.26. The Morgan fingerprint density at radius 3 is 1.53 bits per heavy atom. The predicted octanol–water partition coefficient (Wildman–Crippen LogP) is 4.76. The Bertz CT molecular complexity index is 1070. The van der Waals surface area contributed by atoms with E-state index in [0.717, 1.165) is 7.88 Å². The summed E-state index contributed by atoms with van der Waals surface area (Å²) in [5.41, 5.74) is -1.63. The number of nitrogens with zero attached hydrogens (tertiary/aromatic N) is 1. The number of carbonyl (C=O) groups excluding carboxylic acids is 2. The van der Waals surface area contributed by atoms with E-state index in [1.54, 1.807) is 53.7 Å². The van der Waals surface area contributed by atoms with Gasteiger partial charge in [-0.05, 0) is 113 Å². The minimum Gasteiger partial charge on any atom is -0.459 e. The van der Waals surface area contributed by atoms with E-state index in [2.05, 4.69) is 22.6 Å². The summed E-state index contributed by atoms with van der Waals surface area (Å²) in [5.74, 6) is -0.518. The minimum absolute atomic E-state index is 0.102. The molecular weight excluding hydrogens is 573 g/mol. The van der Waals surface area contributed by atoms with Gasteiger partial charge in [0.1, 0.15) is 35.8 Å². The molecule has 0 aromatic heterocycles. The molecule has 0 saturated carbocycles. The third-order valence-electron chi connectivity index (χ3n) is 3.96. The van der Waals surface area contributed by atoms with Crippen molar-refractivity contribution in [1.29, 1.82) is 0 Å². The zero-order valence-corrected chi connectivity index (χ0v) is 23.1. The van der Waals surface area contributed by atoms with Crippen molar-refractivity contribution in [3.8, 4) is 11.5 Å². The molecule has 0 atom stereocenters. The molecule has 8 nitrogen and oxygen atoms in total. The molecule has 0 amide bonds. The third-order valence-corrected chi connectivity index (χ3v) is 6.49. The SMILES string of the molecule is CC(C)(C)OC(=O)CN(CC(=O)OC(C)(C)C)S(=O)(=O)c1ccc(Oc2ccc(I)cc2)cc1. The molecule has 0 spiro atoms. The van der Waals surface area contributed by atoms with Crippen LogP contribution in [0.5, 0.6) is 11.5 Å². The molecule has 0 unspecified atom stereocenters. The molecule has 0 N–H and O–H groups in total. The first kappa shape index (κ1) is 28.1. The third kappa shape index (κ3) is 9.22. The van der Waals surface area contributed by atoms with E-state index in [1.165, 1.54) is 24.3 Å². The molecule has 2 aromatic rings. The zero-order chi connectivity index (χ0) is 25.7. The van der Waals surface area contributed by atoms with E-state index >= 15 is 0 Å². The van der Waals surface area contributed by atoms with Gasteiger partial charge in [0.05, 0.1) is 4.90 Å². The van der Waals surface area contributed by atoms with Crippen LogP contribution in [-0.4, -0.2) is 49.0 Å². The van der Waals surface area contributed by atoms with Crippen LogP contribution in [0.2, 0.25) is 0 Å². The van der Waals surface area contributed by atoms with E-state index in [1.807, 2.05) is 12.1 Å². The minimum atomic E-state index is -4.22. The molecule has 186 valence electrons. The smallest absolute Gasteiger partial charge is 0.321 e. The lowest BCUT2D eigenvalue weighted by atomic mass is 10.2. The van der Waals surface area contributed by atoms with E-state index in [4.69, 9.17) is 14.2 Å². The van der Waals surface area contributed by atoms with Crippen LogP contribution >= 0.6 is 22.6 Å². The highest BCUT2D eigenvalue weighted by Gasteiger charge is 2.32. The maximum absolute atomic E-state index is 13.3. The predicted molar refractivity (Wildman–Crippen MR) is 136 cm³/mol. The van der Waals surface area contributed by atoms with Crippen molar-refractivity contribution in [3.05, 3.63) is 52.1 Å². The van der Waals surface area contributed by atoms with Gasteiger partial charge in [-0.1, -0.05) is 0 Å².